The topological polar surface area (TPSA) is 55.6 Å². The van der Waals surface area contributed by atoms with E-state index in [4.69, 9.17) is 20.9 Å². The number of hydrogen-bond donors (Lipinski definition) is 0. The summed E-state index contributed by atoms with van der Waals surface area (Å²) in [5, 5.41) is 5.33. The average Bonchev–Trinajstić information content (AvgIpc) is 3.02. The molecule has 0 saturated carbocycles. The quantitative estimate of drug-likeness (QED) is 0.648. The molecule has 1 heterocycles. The Kier molecular flexibility index (Phi) is 4.48. The first-order valence-corrected chi connectivity index (χ1v) is 7.50. The molecule has 23 heavy (non-hydrogen) atoms. The first-order valence-electron chi connectivity index (χ1n) is 7.12. The molecule has 0 bridgehead atoms. The molecule has 0 radical (unpaired) electrons. The highest BCUT2D eigenvalue weighted by atomic mass is 35.5. The molecule has 1 amide bonds. The van der Waals surface area contributed by atoms with Crippen molar-refractivity contribution < 1.29 is 14.1 Å². The van der Waals surface area contributed by atoms with Crippen LogP contribution in [-0.2, 0) is 4.79 Å². The largest absolute Gasteiger partial charge is 0.490 e. The molecular weight excluding hydrogens is 316 g/mol. The second-order valence-corrected chi connectivity index (χ2v) is 5.46. The fourth-order valence-corrected chi connectivity index (χ4v) is 2.48. The average molecular weight is 331 g/mol. The van der Waals surface area contributed by atoms with Crippen LogP contribution in [0.1, 0.15) is 0 Å². The molecule has 0 spiro atoms. The summed E-state index contributed by atoms with van der Waals surface area (Å²) in [6.07, 6.45) is 0.747. The van der Waals surface area contributed by atoms with Crippen molar-refractivity contribution in [1.29, 1.82) is 0 Å². The van der Waals surface area contributed by atoms with Crippen LogP contribution in [0.4, 0.5) is 0 Å². The predicted molar refractivity (Wildman–Crippen MR) is 88.6 cm³/mol. The highest BCUT2D eigenvalue weighted by molar-refractivity contribution is 6.36. The van der Waals surface area contributed by atoms with Crippen molar-refractivity contribution in [2.45, 2.75) is 0 Å². The van der Waals surface area contributed by atoms with Crippen LogP contribution >= 0.6 is 11.6 Å². The number of carbonyl (C=O) groups excluding carboxylic acids is 1. The van der Waals surface area contributed by atoms with Gasteiger partial charge < -0.3 is 14.2 Å². The van der Waals surface area contributed by atoms with E-state index < -0.39 is 0 Å². The highest BCUT2D eigenvalue weighted by Gasteiger charge is 2.16. The number of fused-ring (bicyclic) bond motifs is 1. The minimum absolute atomic E-state index is 0.347. The van der Waals surface area contributed by atoms with E-state index in [0.717, 1.165) is 23.1 Å². The molecule has 0 N–H and O–H groups in total. The summed E-state index contributed by atoms with van der Waals surface area (Å²) in [6, 6.07) is 13.4. The number of nitrogens with zero attached hydrogens (tertiary/aromatic N) is 2. The molecule has 6 heteroatoms. The van der Waals surface area contributed by atoms with E-state index in [1.54, 1.807) is 13.1 Å². The molecule has 3 aromatic rings. The molecule has 0 atom stereocenters. The molecule has 0 fully saturated rings. The standard InChI is InChI=1S/C17H15ClN2O3/c1-20(11-21)9-10-22-14-8-7-13-16(12-5-3-2-4-6-12)19-23-17(13)15(14)18/h2-8,11H,9-10H2,1H3. The van der Waals surface area contributed by atoms with E-state index in [0.29, 0.717) is 29.5 Å². The van der Waals surface area contributed by atoms with Gasteiger partial charge in [0.2, 0.25) is 6.41 Å². The van der Waals surface area contributed by atoms with Crippen LogP contribution in [0, 0.1) is 0 Å². The Morgan fingerprint density at radius 3 is 2.78 bits per heavy atom. The molecule has 0 aliphatic carbocycles. The van der Waals surface area contributed by atoms with Gasteiger partial charge in [-0.3, -0.25) is 4.79 Å². The molecule has 0 aliphatic rings. The van der Waals surface area contributed by atoms with Gasteiger partial charge in [-0.15, -0.1) is 0 Å². The Balaban J connectivity index is 1.87. The van der Waals surface area contributed by atoms with E-state index in [1.807, 2.05) is 36.4 Å². The van der Waals surface area contributed by atoms with Crippen molar-refractivity contribution in [2.75, 3.05) is 20.2 Å². The maximum absolute atomic E-state index is 10.5. The number of rotatable bonds is 6. The van der Waals surface area contributed by atoms with E-state index in [-0.39, 0.29) is 0 Å². The third kappa shape index (κ3) is 3.14. The number of amides is 1. The van der Waals surface area contributed by atoms with E-state index in [9.17, 15) is 4.79 Å². The maximum atomic E-state index is 10.5. The number of benzene rings is 2. The summed E-state index contributed by atoms with van der Waals surface area (Å²) >= 11 is 6.35. The van der Waals surface area contributed by atoms with Crippen molar-refractivity contribution in [2.24, 2.45) is 0 Å². The zero-order chi connectivity index (χ0) is 16.2. The Hall–Kier alpha value is -2.53. The summed E-state index contributed by atoms with van der Waals surface area (Å²) in [5.41, 5.74) is 2.20. The molecule has 0 saturated heterocycles. The summed E-state index contributed by atoms with van der Waals surface area (Å²) in [7, 11) is 1.68. The zero-order valence-electron chi connectivity index (χ0n) is 12.5. The third-order valence-electron chi connectivity index (χ3n) is 3.47. The summed E-state index contributed by atoms with van der Waals surface area (Å²) in [4.78, 5) is 12.0. The lowest BCUT2D eigenvalue weighted by atomic mass is 10.1. The normalized spacial score (nSPS) is 10.7. The fraction of sp³-hybridized carbons (Fsp3) is 0.176. The first-order chi connectivity index (χ1) is 11.2. The van der Waals surface area contributed by atoms with Gasteiger partial charge in [0.1, 0.15) is 23.1 Å². The lowest BCUT2D eigenvalue weighted by molar-refractivity contribution is -0.117. The van der Waals surface area contributed by atoms with Crippen LogP contribution in [0.15, 0.2) is 47.0 Å². The molecule has 0 aliphatic heterocycles. The molecule has 118 valence electrons. The molecule has 5 nitrogen and oxygen atoms in total. The summed E-state index contributed by atoms with van der Waals surface area (Å²) < 4.78 is 11.0. The van der Waals surface area contributed by atoms with Crippen molar-refractivity contribution in [3.8, 4) is 17.0 Å². The number of carbonyl (C=O) groups is 1. The number of likely N-dealkylation sites (N-methyl/N-ethyl adjacent to an activating group) is 1. The number of halogens is 1. The van der Waals surface area contributed by atoms with E-state index in [1.165, 1.54) is 4.90 Å². The minimum atomic E-state index is 0.347. The third-order valence-corrected chi connectivity index (χ3v) is 3.83. The zero-order valence-corrected chi connectivity index (χ0v) is 13.3. The van der Waals surface area contributed by atoms with Gasteiger partial charge in [0.15, 0.2) is 5.58 Å². The second-order valence-electron chi connectivity index (χ2n) is 5.09. The van der Waals surface area contributed by atoms with Gasteiger partial charge in [0.25, 0.3) is 0 Å². The smallest absolute Gasteiger partial charge is 0.209 e. The lowest BCUT2D eigenvalue weighted by Gasteiger charge is -2.12. The van der Waals surface area contributed by atoms with Gasteiger partial charge in [0, 0.05) is 12.6 Å². The van der Waals surface area contributed by atoms with Crippen LogP contribution in [0.25, 0.3) is 22.2 Å². The van der Waals surface area contributed by atoms with Crippen molar-refractivity contribution in [3.63, 3.8) is 0 Å². The Labute approximate surface area is 138 Å². The number of aromatic nitrogens is 1. The Morgan fingerprint density at radius 2 is 2.04 bits per heavy atom. The minimum Gasteiger partial charge on any atom is -0.490 e. The summed E-state index contributed by atoms with van der Waals surface area (Å²) in [5.74, 6) is 0.509. The highest BCUT2D eigenvalue weighted by Crippen LogP contribution is 2.37. The van der Waals surface area contributed by atoms with Crippen molar-refractivity contribution in [1.82, 2.24) is 10.1 Å². The van der Waals surface area contributed by atoms with Crippen LogP contribution in [0.3, 0.4) is 0 Å². The molecule has 2 aromatic carbocycles. The predicted octanol–water partition coefficient (Wildman–Crippen LogP) is 3.62. The second kappa shape index (κ2) is 6.71. The van der Waals surface area contributed by atoms with Gasteiger partial charge in [-0.2, -0.15) is 0 Å². The Bertz CT molecular complexity index is 817. The molecule has 0 unspecified atom stereocenters. The van der Waals surface area contributed by atoms with Gasteiger partial charge in [0.05, 0.1) is 11.9 Å². The van der Waals surface area contributed by atoms with Crippen LogP contribution < -0.4 is 4.74 Å². The van der Waals surface area contributed by atoms with Gasteiger partial charge >= 0.3 is 0 Å². The fourth-order valence-electron chi connectivity index (χ4n) is 2.22. The van der Waals surface area contributed by atoms with Gasteiger partial charge in [-0.05, 0) is 12.1 Å². The van der Waals surface area contributed by atoms with Crippen molar-refractivity contribution >= 4 is 29.0 Å². The number of ether oxygens (including phenoxy) is 1. The Morgan fingerprint density at radius 1 is 1.26 bits per heavy atom. The van der Waals surface area contributed by atoms with Crippen LogP contribution in [-0.4, -0.2) is 36.7 Å². The SMILES string of the molecule is CN(C=O)CCOc1ccc2c(-c3ccccc3)noc2c1Cl. The van der Waals surface area contributed by atoms with E-state index >= 15 is 0 Å². The van der Waals surface area contributed by atoms with Gasteiger partial charge in [-0.25, -0.2) is 0 Å². The maximum Gasteiger partial charge on any atom is 0.209 e. The van der Waals surface area contributed by atoms with Crippen LogP contribution in [0.2, 0.25) is 5.02 Å². The lowest BCUT2D eigenvalue weighted by Crippen LogP contribution is -2.22. The monoisotopic (exact) mass is 330 g/mol. The molecule has 3 rings (SSSR count). The van der Waals surface area contributed by atoms with Gasteiger partial charge in [-0.1, -0.05) is 47.1 Å². The first kappa shape index (κ1) is 15.4. The summed E-state index contributed by atoms with van der Waals surface area (Å²) in [6.45, 7) is 0.823. The van der Waals surface area contributed by atoms with Crippen LogP contribution in [0.5, 0.6) is 5.75 Å². The van der Waals surface area contributed by atoms with E-state index in [2.05, 4.69) is 5.16 Å². The number of hydrogen-bond acceptors (Lipinski definition) is 4. The molecular formula is C17H15ClN2O3. The van der Waals surface area contributed by atoms with Crippen molar-refractivity contribution in [3.05, 3.63) is 47.5 Å². The molecule has 1 aromatic heterocycles.